The maximum absolute atomic E-state index is 13.5. The molecular weight excluding hydrogens is 458 g/mol. The molecule has 4 heteroatoms. The van der Waals surface area contributed by atoms with Gasteiger partial charge in [-0.25, -0.2) is 0 Å². The predicted molar refractivity (Wildman–Crippen MR) is 149 cm³/mol. The molecule has 4 nitrogen and oxygen atoms in total. The SMILES string of the molecule is CC(=O)O[C@H]1CC[C@]2(C)[C@H]3CC[C@@H]4C5=C(C(C)C)C(=O)C[C@]5(CCN)CC[C@@]4(C)[C@]3(C)CC[C@H]2C1(C)C. The van der Waals surface area contributed by atoms with Gasteiger partial charge in [0.1, 0.15) is 6.10 Å². The molecule has 0 aromatic rings. The number of carbonyl (C=O) groups is 2. The van der Waals surface area contributed by atoms with Gasteiger partial charge in [-0.1, -0.05) is 54.0 Å². The lowest BCUT2D eigenvalue weighted by atomic mass is 9.33. The van der Waals surface area contributed by atoms with E-state index in [0.29, 0.717) is 42.4 Å². The molecule has 0 aliphatic heterocycles. The van der Waals surface area contributed by atoms with Crippen LogP contribution in [-0.4, -0.2) is 24.4 Å². The van der Waals surface area contributed by atoms with Gasteiger partial charge in [0.25, 0.3) is 0 Å². The number of ether oxygens (including phenoxy) is 1. The van der Waals surface area contributed by atoms with E-state index in [9.17, 15) is 9.59 Å². The number of esters is 1. The Morgan fingerprint density at radius 2 is 1.65 bits per heavy atom. The van der Waals surface area contributed by atoms with Gasteiger partial charge in [-0.2, -0.15) is 0 Å². The van der Waals surface area contributed by atoms with Crippen molar-refractivity contribution in [1.29, 1.82) is 0 Å². The first-order valence-corrected chi connectivity index (χ1v) is 15.3. The number of rotatable bonds is 4. The first-order valence-electron chi connectivity index (χ1n) is 15.3. The topological polar surface area (TPSA) is 69.4 Å². The molecule has 0 heterocycles. The minimum atomic E-state index is -0.140. The van der Waals surface area contributed by atoms with Gasteiger partial charge in [-0.3, -0.25) is 9.59 Å². The van der Waals surface area contributed by atoms with Crippen LogP contribution >= 0.6 is 0 Å². The molecule has 0 saturated heterocycles. The summed E-state index contributed by atoms with van der Waals surface area (Å²) in [4.78, 5) is 25.4. The third-order valence-corrected chi connectivity index (χ3v) is 13.4. The van der Waals surface area contributed by atoms with E-state index in [-0.39, 0.29) is 39.1 Å². The molecule has 8 atom stereocenters. The van der Waals surface area contributed by atoms with Gasteiger partial charge in [-0.15, -0.1) is 0 Å². The van der Waals surface area contributed by atoms with Crippen molar-refractivity contribution in [3.63, 3.8) is 0 Å². The van der Waals surface area contributed by atoms with Gasteiger partial charge in [0.05, 0.1) is 0 Å². The fraction of sp³-hybridized carbons (Fsp3) is 0.879. The summed E-state index contributed by atoms with van der Waals surface area (Å²) in [5, 5.41) is 0. The Bertz CT molecular complexity index is 1010. The molecule has 0 amide bonds. The number of hydrogen-bond donors (Lipinski definition) is 1. The van der Waals surface area contributed by atoms with Crippen molar-refractivity contribution in [2.75, 3.05) is 6.54 Å². The minimum Gasteiger partial charge on any atom is -0.462 e. The second-order valence-corrected chi connectivity index (χ2v) is 15.5. The fourth-order valence-electron chi connectivity index (χ4n) is 11.7. The smallest absolute Gasteiger partial charge is 0.302 e. The minimum absolute atomic E-state index is 0.00813. The summed E-state index contributed by atoms with van der Waals surface area (Å²) < 4.78 is 5.91. The first-order chi connectivity index (χ1) is 17.2. The average Bonchev–Trinajstić information content (AvgIpc) is 3.08. The van der Waals surface area contributed by atoms with Crippen LogP contribution < -0.4 is 5.73 Å². The second-order valence-electron chi connectivity index (χ2n) is 15.5. The van der Waals surface area contributed by atoms with Gasteiger partial charge in [0.15, 0.2) is 5.78 Å². The average molecular weight is 512 g/mol. The lowest BCUT2D eigenvalue weighted by molar-refractivity contribution is -0.232. The number of ketones is 1. The van der Waals surface area contributed by atoms with E-state index < -0.39 is 0 Å². The van der Waals surface area contributed by atoms with Crippen LogP contribution in [0.2, 0.25) is 0 Å². The highest BCUT2D eigenvalue weighted by atomic mass is 16.5. The van der Waals surface area contributed by atoms with Crippen LogP contribution in [-0.2, 0) is 14.3 Å². The highest BCUT2D eigenvalue weighted by molar-refractivity contribution is 6.00. The molecule has 0 unspecified atom stereocenters. The second kappa shape index (κ2) is 8.67. The molecule has 0 bridgehead atoms. The van der Waals surface area contributed by atoms with E-state index in [0.717, 1.165) is 25.7 Å². The molecular formula is C33H53NO3. The summed E-state index contributed by atoms with van der Waals surface area (Å²) >= 11 is 0. The van der Waals surface area contributed by atoms with Crippen LogP contribution in [0.4, 0.5) is 0 Å². The molecule has 5 aliphatic rings. The summed E-state index contributed by atoms with van der Waals surface area (Å²) in [5.41, 5.74) is 9.66. The Kier molecular flexibility index (Phi) is 6.42. The molecule has 208 valence electrons. The maximum Gasteiger partial charge on any atom is 0.302 e. The van der Waals surface area contributed by atoms with Gasteiger partial charge in [0, 0.05) is 24.2 Å². The van der Waals surface area contributed by atoms with Crippen molar-refractivity contribution in [1.82, 2.24) is 0 Å². The summed E-state index contributed by atoms with van der Waals surface area (Å²) in [6.45, 7) is 19.3. The quantitative estimate of drug-likeness (QED) is 0.404. The number of carbonyl (C=O) groups excluding carboxylic acids is 2. The molecule has 0 aromatic carbocycles. The number of fused-ring (bicyclic) bond motifs is 7. The molecule has 37 heavy (non-hydrogen) atoms. The lowest BCUT2D eigenvalue weighted by Gasteiger charge is -2.72. The van der Waals surface area contributed by atoms with E-state index in [1.807, 2.05) is 0 Å². The molecule has 0 radical (unpaired) electrons. The van der Waals surface area contributed by atoms with Crippen molar-refractivity contribution in [3.8, 4) is 0 Å². The summed E-state index contributed by atoms with van der Waals surface area (Å²) in [5.74, 6) is 2.30. The molecule has 5 aliphatic carbocycles. The molecule has 4 fully saturated rings. The molecule has 0 aromatic heterocycles. The van der Waals surface area contributed by atoms with Crippen molar-refractivity contribution in [2.24, 2.45) is 56.5 Å². The zero-order valence-electron chi connectivity index (χ0n) is 25.0. The van der Waals surface area contributed by atoms with Gasteiger partial charge < -0.3 is 10.5 Å². The van der Waals surface area contributed by atoms with Crippen molar-refractivity contribution < 1.29 is 14.3 Å². The Labute approximate surface area is 225 Å². The lowest BCUT2D eigenvalue weighted by Crippen LogP contribution is -2.65. The standard InChI is InChI=1S/C33H53NO3/c1-20(2)27-23(36)19-33(17-18-34)16-15-31(7)22(28(27)33)9-10-25-30(6)13-12-26(37-21(3)35)29(4,5)24(30)11-14-32(25,31)8/h20,22,24-26H,9-19,34H2,1-8H3/t22-,24+,25-,26+,30+,31-,32-,33-/m1/s1. The molecule has 0 spiro atoms. The van der Waals surface area contributed by atoms with Crippen LogP contribution in [0.25, 0.3) is 0 Å². The third kappa shape index (κ3) is 3.55. The van der Waals surface area contributed by atoms with Crippen LogP contribution in [0, 0.1) is 50.7 Å². The van der Waals surface area contributed by atoms with Gasteiger partial charge in [-0.05, 0) is 110 Å². The third-order valence-electron chi connectivity index (χ3n) is 13.4. The van der Waals surface area contributed by atoms with Crippen molar-refractivity contribution in [3.05, 3.63) is 11.1 Å². The largest absolute Gasteiger partial charge is 0.462 e. The van der Waals surface area contributed by atoms with E-state index in [2.05, 4.69) is 48.5 Å². The zero-order valence-corrected chi connectivity index (χ0v) is 25.0. The summed E-state index contributed by atoms with van der Waals surface area (Å²) in [6, 6.07) is 0. The van der Waals surface area contributed by atoms with Crippen LogP contribution in [0.5, 0.6) is 0 Å². The molecule has 5 rings (SSSR count). The summed E-state index contributed by atoms with van der Waals surface area (Å²) in [7, 11) is 0. The number of allylic oxidation sites excluding steroid dienone is 2. The highest BCUT2D eigenvalue weighted by Crippen LogP contribution is 2.77. The van der Waals surface area contributed by atoms with Gasteiger partial charge >= 0.3 is 5.97 Å². The van der Waals surface area contributed by atoms with E-state index in [1.54, 1.807) is 12.5 Å². The van der Waals surface area contributed by atoms with E-state index >= 15 is 0 Å². The van der Waals surface area contributed by atoms with Crippen molar-refractivity contribution >= 4 is 11.8 Å². The predicted octanol–water partition coefficient (Wildman–Crippen LogP) is 7.25. The van der Waals surface area contributed by atoms with Crippen LogP contribution in [0.15, 0.2) is 11.1 Å². The van der Waals surface area contributed by atoms with Crippen LogP contribution in [0.1, 0.15) is 120 Å². The molecule has 4 saturated carbocycles. The van der Waals surface area contributed by atoms with Crippen molar-refractivity contribution in [2.45, 2.75) is 126 Å². The Morgan fingerprint density at radius 1 is 0.946 bits per heavy atom. The maximum atomic E-state index is 13.5. The van der Waals surface area contributed by atoms with Gasteiger partial charge in [0.2, 0.25) is 0 Å². The monoisotopic (exact) mass is 511 g/mol. The Hall–Kier alpha value is -1.16. The zero-order chi connectivity index (χ0) is 27.2. The fourth-order valence-corrected chi connectivity index (χ4v) is 11.7. The first kappa shape index (κ1) is 27.4. The van der Waals surface area contributed by atoms with Crippen LogP contribution in [0.3, 0.4) is 0 Å². The molecule has 2 N–H and O–H groups in total. The number of hydrogen-bond acceptors (Lipinski definition) is 4. The summed E-state index contributed by atoms with van der Waals surface area (Å²) in [6.07, 6.45) is 11.0. The normalized spacial score (nSPS) is 46.7. The Morgan fingerprint density at radius 3 is 2.27 bits per heavy atom. The number of nitrogens with two attached hydrogens (primary N) is 1. The highest BCUT2D eigenvalue weighted by Gasteiger charge is 2.70. The Balaban J connectivity index is 1.55. The number of Topliss-reactive ketones (excluding diaryl/α,β-unsaturated/α-hetero) is 1. The van der Waals surface area contributed by atoms with E-state index in [4.69, 9.17) is 10.5 Å². The van der Waals surface area contributed by atoms with E-state index in [1.165, 1.54) is 37.7 Å².